The van der Waals surface area contributed by atoms with Crippen molar-refractivity contribution in [3.8, 4) is 11.5 Å². The summed E-state index contributed by atoms with van der Waals surface area (Å²) < 4.78 is 5.30. The molecule has 1 unspecified atom stereocenters. The zero-order valence-electron chi connectivity index (χ0n) is 9.36. The number of phenolic OH excluding ortho intramolecular Hbond substituents is 1. The molecule has 1 aromatic carbocycles. The maximum Gasteiger partial charge on any atom is 0.161 e. The monoisotopic (exact) mass is 209 g/mol. The number of nitrogens with two attached hydrogens (primary N) is 1. The van der Waals surface area contributed by atoms with E-state index < -0.39 is 0 Å². The molecule has 1 aromatic rings. The smallest absolute Gasteiger partial charge is 0.161 e. The molecule has 1 atom stereocenters. The molecule has 84 valence electrons. The molecule has 0 fully saturated rings. The molecule has 0 bridgehead atoms. The molecule has 0 spiro atoms. The fourth-order valence-electron chi connectivity index (χ4n) is 1.43. The number of ether oxygens (including phenoxy) is 1. The van der Waals surface area contributed by atoms with E-state index in [1.165, 1.54) is 0 Å². The highest BCUT2D eigenvalue weighted by molar-refractivity contribution is 5.45. The lowest BCUT2D eigenvalue weighted by molar-refractivity contribution is 0.316. The molecule has 0 aliphatic carbocycles. The Balaban J connectivity index is 2.84. The number of hydrogen-bond acceptors (Lipinski definition) is 3. The lowest BCUT2D eigenvalue weighted by atomic mass is 10.0. The first-order chi connectivity index (χ1) is 7.19. The molecule has 0 amide bonds. The van der Waals surface area contributed by atoms with Crippen LogP contribution in [0.25, 0.3) is 0 Å². The van der Waals surface area contributed by atoms with Crippen molar-refractivity contribution < 1.29 is 9.84 Å². The van der Waals surface area contributed by atoms with Crippen molar-refractivity contribution in [2.45, 2.75) is 32.7 Å². The van der Waals surface area contributed by atoms with Gasteiger partial charge in [0.25, 0.3) is 0 Å². The molecule has 1 rings (SSSR count). The third-order valence-corrected chi connectivity index (χ3v) is 2.39. The number of benzene rings is 1. The van der Waals surface area contributed by atoms with Gasteiger partial charge < -0.3 is 15.6 Å². The van der Waals surface area contributed by atoms with Crippen LogP contribution >= 0.6 is 0 Å². The van der Waals surface area contributed by atoms with Crippen molar-refractivity contribution in [1.29, 1.82) is 0 Å². The van der Waals surface area contributed by atoms with Crippen LogP contribution in [0, 0.1) is 0 Å². The number of hydrogen-bond donors (Lipinski definition) is 2. The van der Waals surface area contributed by atoms with Crippen molar-refractivity contribution in [3.05, 3.63) is 23.8 Å². The molecular formula is C12H19NO2. The molecule has 3 nitrogen and oxygen atoms in total. The maximum absolute atomic E-state index is 9.88. The third kappa shape index (κ3) is 3.13. The van der Waals surface area contributed by atoms with Gasteiger partial charge in [-0.05, 0) is 31.4 Å². The Labute approximate surface area is 90.9 Å². The molecule has 0 aromatic heterocycles. The van der Waals surface area contributed by atoms with Gasteiger partial charge in [-0.1, -0.05) is 19.1 Å². The van der Waals surface area contributed by atoms with Crippen LogP contribution in [0.5, 0.6) is 11.5 Å². The van der Waals surface area contributed by atoms with Gasteiger partial charge in [0.15, 0.2) is 11.5 Å². The highest BCUT2D eigenvalue weighted by Crippen LogP contribution is 2.30. The van der Waals surface area contributed by atoms with Crippen LogP contribution < -0.4 is 10.5 Å². The Morgan fingerprint density at radius 1 is 1.40 bits per heavy atom. The first kappa shape index (κ1) is 11.9. The Morgan fingerprint density at radius 3 is 2.73 bits per heavy atom. The summed E-state index contributed by atoms with van der Waals surface area (Å²) >= 11 is 0. The Morgan fingerprint density at radius 2 is 2.13 bits per heavy atom. The average Bonchev–Trinajstić information content (AvgIpc) is 2.24. The first-order valence-corrected chi connectivity index (χ1v) is 5.38. The van der Waals surface area contributed by atoms with E-state index in [-0.39, 0.29) is 11.8 Å². The lowest BCUT2D eigenvalue weighted by Crippen LogP contribution is -2.21. The summed E-state index contributed by atoms with van der Waals surface area (Å²) in [6.07, 6.45) is 1.58. The molecule has 0 radical (unpaired) electrons. The first-order valence-electron chi connectivity index (χ1n) is 5.38. The van der Waals surface area contributed by atoms with Crippen molar-refractivity contribution in [2.75, 3.05) is 6.61 Å². The third-order valence-electron chi connectivity index (χ3n) is 2.39. The molecule has 0 saturated heterocycles. The van der Waals surface area contributed by atoms with E-state index >= 15 is 0 Å². The van der Waals surface area contributed by atoms with Crippen molar-refractivity contribution >= 4 is 0 Å². The van der Waals surface area contributed by atoms with E-state index in [0.717, 1.165) is 12.0 Å². The minimum absolute atomic E-state index is 0.0905. The predicted molar refractivity (Wildman–Crippen MR) is 61.2 cm³/mol. The molecule has 15 heavy (non-hydrogen) atoms. The molecule has 3 N–H and O–H groups in total. The summed E-state index contributed by atoms with van der Waals surface area (Å²) in [5.74, 6) is 0.765. The maximum atomic E-state index is 9.88. The molecule has 0 aliphatic heterocycles. The van der Waals surface area contributed by atoms with Crippen LogP contribution in [0.4, 0.5) is 0 Å². The van der Waals surface area contributed by atoms with E-state index in [9.17, 15) is 5.11 Å². The van der Waals surface area contributed by atoms with Crippen LogP contribution in [0.2, 0.25) is 0 Å². The summed E-state index contributed by atoms with van der Waals surface area (Å²) in [4.78, 5) is 0. The van der Waals surface area contributed by atoms with Gasteiger partial charge in [0.2, 0.25) is 0 Å². The topological polar surface area (TPSA) is 55.5 Å². The van der Waals surface area contributed by atoms with Crippen LogP contribution in [0.1, 0.15) is 25.8 Å². The minimum Gasteiger partial charge on any atom is -0.504 e. The van der Waals surface area contributed by atoms with Gasteiger partial charge in [-0.3, -0.25) is 0 Å². The van der Waals surface area contributed by atoms with Gasteiger partial charge in [0.05, 0.1) is 6.61 Å². The highest BCUT2D eigenvalue weighted by atomic mass is 16.5. The standard InChI is InChI=1S/C12H19NO2/c1-3-10(13)8-9-6-5-7-11(12(9)14)15-4-2/h5-7,10,14H,3-4,8,13H2,1-2H3. The second-order valence-electron chi connectivity index (χ2n) is 3.57. The van der Waals surface area contributed by atoms with Gasteiger partial charge in [0.1, 0.15) is 0 Å². The number of rotatable bonds is 5. The molecule has 3 heteroatoms. The molecule has 0 heterocycles. The summed E-state index contributed by atoms with van der Waals surface area (Å²) in [7, 11) is 0. The quantitative estimate of drug-likeness (QED) is 0.780. The Hall–Kier alpha value is -1.22. The molecular weight excluding hydrogens is 190 g/mol. The fourth-order valence-corrected chi connectivity index (χ4v) is 1.43. The summed E-state index contributed by atoms with van der Waals surface area (Å²) in [5.41, 5.74) is 6.70. The highest BCUT2D eigenvalue weighted by Gasteiger charge is 2.10. The SMILES string of the molecule is CCOc1cccc(CC(N)CC)c1O. The van der Waals surface area contributed by atoms with Crippen LogP contribution in [-0.4, -0.2) is 17.8 Å². The largest absolute Gasteiger partial charge is 0.504 e. The van der Waals surface area contributed by atoms with Crippen molar-refractivity contribution in [2.24, 2.45) is 5.73 Å². The second-order valence-corrected chi connectivity index (χ2v) is 3.57. The average molecular weight is 209 g/mol. The van der Waals surface area contributed by atoms with E-state index in [1.54, 1.807) is 6.07 Å². The van der Waals surface area contributed by atoms with Crippen molar-refractivity contribution in [1.82, 2.24) is 0 Å². The number of para-hydroxylation sites is 1. The second kappa shape index (κ2) is 5.61. The summed E-state index contributed by atoms with van der Waals surface area (Å²) in [6, 6.07) is 5.61. The number of aromatic hydroxyl groups is 1. The van der Waals surface area contributed by atoms with Gasteiger partial charge >= 0.3 is 0 Å². The van der Waals surface area contributed by atoms with Gasteiger partial charge in [-0.15, -0.1) is 0 Å². The van der Waals surface area contributed by atoms with E-state index in [0.29, 0.717) is 18.8 Å². The lowest BCUT2D eigenvalue weighted by Gasteiger charge is -2.12. The Kier molecular flexibility index (Phi) is 4.43. The molecule has 0 saturated carbocycles. The van der Waals surface area contributed by atoms with Gasteiger partial charge in [-0.2, -0.15) is 0 Å². The minimum atomic E-state index is 0.0905. The summed E-state index contributed by atoms with van der Waals surface area (Å²) in [5, 5.41) is 9.88. The van der Waals surface area contributed by atoms with Crippen LogP contribution in [-0.2, 0) is 6.42 Å². The molecule has 0 aliphatic rings. The van der Waals surface area contributed by atoms with E-state index in [4.69, 9.17) is 10.5 Å². The van der Waals surface area contributed by atoms with E-state index in [1.807, 2.05) is 26.0 Å². The number of phenols is 1. The van der Waals surface area contributed by atoms with Gasteiger partial charge in [-0.25, -0.2) is 0 Å². The van der Waals surface area contributed by atoms with E-state index in [2.05, 4.69) is 0 Å². The normalized spacial score (nSPS) is 12.5. The fraction of sp³-hybridized carbons (Fsp3) is 0.500. The van der Waals surface area contributed by atoms with Crippen LogP contribution in [0.15, 0.2) is 18.2 Å². The Bertz CT molecular complexity index is 312. The van der Waals surface area contributed by atoms with Crippen molar-refractivity contribution in [3.63, 3.8) is 0 Å². The predicted octanol–water partition coefficient (Wildman–Crippen LogP) is 2.07. The summed E-state index contributed by atoms with van der Waals surface area (Å²) in [6.45, 7) is 4.48. The van der Waals surface area contributed by atoms with Gasteiger partial charge in [0, 0.05) is 6.04 Å². The zero-order chi connectivity index (χ0) is 11.3. The van der Waals surface area contributed by atoms with Crippen LogP contribution in [0.3, 0.4) is 0 Å². The zero-order valence-corrected chi connectivity index (χ0v) is 9.36.